The van der Waals surface area contributed by atoms with Gasteiger partial charge in [-0.15, -0.1) is 0 Å². The third-order valence-electron chi connectivity index (χ3n) is 6.46. The van der Waals surface area contributed by atoms with Crippen molar-refractivity contribution in [1.82, 2.24) is 4.98 Å². The van der Waals surface area contributed by atoms with E-state index in [9.17, 15) is 9.59 Å². The van der Waals surface area contributed by atoms with Crippen LogP contribution in [0.3, 0.4) is 0 Å². The number of aryl methyl sites for hydroxylation is 1. The molecule has 0 saturated heterocycles. The van der Waals surface area contributed by atoms with Crippen molar-refractivity contribution in [3.8, 4) is 11.5 Å². The lowest BCUT2D eigenvalue weighted by Gasteiger charge is -2.25. The van der Waals surface area contributed by atoms with Gasteiger partial charge in [-0.2, -0.15) is 0 Å². The molecule has 3 heterocycles. The van der Waals surface area contributed by atoms with Gasteiger partial charge in [0, 0.05) is 10.7 Å². The van der Waals surface area contributed by atoms with Crippen LogP contribution in [0.25, 0.3) is 11.0 Å². The van der Waals surface area contributed by atoms with Crippen molar-refractivity contribution >= 4 is 34.3 Å². The number of unbranched alkanes of at least 4 members (excludes halogenated alkanes) is 2. The molecule has 2 aromatic carbocycles. The Morgan fingerprint density at radius 1 is 1.05 bits per heavy atom. The number of halogens is 1. The zero-order valence-electron chi connectivity index (χ0n) is 20.9. The zero-order chi connectivity index (χ0) is 26.1. The molecule has 5 rings (SSSR count). The number of amides is 1. The summed E-state index contributed by atoms with van der Waals surface area (Å²) in [5.74, 6) is 1.09. The summed E-state index contributed by atoms with van der Waals surface area (Å²) in [4.78, 5) is 33.6. The van der Waals surface area contributed by atoms with Crippen molar-refractivity contribution in [2.24, 2.45) is 0 Å². The zero-order valence-corrected chi connectivity index (χ0v) is 21.7. The van der Waals surface area contributed by atoms with Crippen molar-refractivity contribution in [2.75, 3.05) is 18.6 Å². The second-order valence-electron chi connectivity index (χ2n) is 9.00. The molecule has 8 heteroatoms. The van der Waals surface area contributed by atoms with Crippen LogP contribution in [0, 0.1) is 6.92 Å². The van der Waals surface area contributed by atoms with Crippen molar-refractivity contribution in [3.63, 3.8) is 0 Å². The molecule has 1 atom stereocenters. The number of aromatic nitrogens is 1. The molecule has 190 valence electrons. The van der Waals surface area contributed by atoms with Gasteiger partial charge >= 0.3 is 0 Å². The van der Waals surface area contributed by atoms with E-state index in [4.69, 9.17) is 25.5 Å². The summed E-state index contributed by atoms with van der Waals surface area (Å²) in [6, 6.07) is 14.9. The summed E-state index contributed by atoms with van der Waals surface area (Å²) in [5, 5.41) is 0.718. The van der Waals surface area contributed by atoms with Crippen LogP contribution in [0.2, 0.25) is 5.02 Å². The van der Waals surface area contributed by atoms with Crippen LogP contribution < -0.4 is 19.8 Å². The Kier molecular flexibility index (Phi) is 6.89. The van der Waals surface area contributed by atoms with Crippen molar-refractivity contribution in [1.29, 1.82) is 0 Å². The molecule has 37 heavy (non-hydrogen) atoms. The fraction of sp³-hybridized carbons (Fsp3) is 0.276. The number of carbonyl (C=O) groups excluding carboxylic acids is 1. The van der Waals surface area contributed by atoms with E-state index < -0.39 is 11.9 Å². The lowest BCUT2D eigenvalue weighted by molar-refractivity contribution is 0.0970. The fourth-order valence-corrected chi connectivity index (χ4v) is 4.84. The van der Waals surface area contributed by atoms with Gasteiger partial charge in [0.05, 0.1) is 30.7 Å². The maximum atomic E-state index is 13.8. The van der Waals surface area contributed by atoms with E-state index in [2.05, 4.69) is 11.9 Å². The predicted molar refractivity (Wildman–Crippen MR) is 143 cm³/mol. The standard InChI is InChI=1S/C29H27ClN2O5/c1-4-5-6-14-36-22-12-10-18(15-23(22)35-3)26-25-27(33)20-16-19(30)11-13-21(20)37-28(25)29(34)32(26)24-9-7-8-17(2)31-24/h7-13,15-16,26H,4-6,14H2,1-3H3. The van der Waals surface area contributed by atoms with Crippen molar-refractivity contribution in [2.45, 2.75) is 39.2 Å². The number of fused-ring (bicyclic) bond motifs is 2. The van der Waals surface area contributed by atoms with Gasteiger partial charge in [-0.1, -0.05) is 43.5 Å². The van der Waals surface area contributed by atoms with Crippen LogP contribution in [-0.2, 0) is 0 Å². The smallest absolute Gasteiger partial charge is 0.296 e. The average Bonchev–Trinajstić information content (AvgIpc) is 3.19. The van der Waals surface area contributed by atoms with E-state index >= 15 is 0 Å². The number of hydrogen-bond acceptors (Lipinski definition) is 6. The summed E-state index contributed by atoms with van der Waals surface area (Å²) in [6.07, 6.45) is 3.11. The maximum Gasteiger partial charge on any atom is 0.296 e. The third-order valence-corrected chi connectivity index (χ3v) is 6.70. The number of pyridine rings is 1. The van der Waals surface area contributed by atoms with Gasteiger partial charge in [0.1, 0.15) is 11.4 Å². The molecule has 1 aliphatic rings. The molecular weight excluding hydrogens is 492 g/mol. The minimum Gasteiger partial charge on any atom is -0.493 e. The predicted octanol–water partition coefficient (Wildman–Crippen LogP) is 6.48. The Morgan fingerprint density at radius 3 is 2.65 bits per heavy atom. The van der Waals surface area contributed by atoms with Gasteiger partial charge in [0.15, 0.2) is 16.9 Å². The minimum atomic E-state index is -0.778. The maximum absolute atomic E-state index is 13.8. The molecular formula is C29H27ClN2O5. The van der Waals surface area contributed by atoms with Crippen LogP contribution >= 0.6 is 11.6 Å². The Bertz CT molecular complexity index is 1550. The average molecular weight is 519 g/mol. The molecule has 0 fully saturated rings. The summed E-state index contributed by atoms with van der Waals surface area (Å²) >= 11 is 6.19. The normalized spacial score (nSPS) is 14.8. The molecule has 0 spiro atoms. The van der Waals surface area contributed by atoms with Gasteiger partial charge in [-0.3, -0.25) is 14.5 Å². The van der Waals surface area contributed by atoms with E-state index in [0.29, 0.717) is 45.5 Å². The van der Waals surface area contributed by atoms with E-state index in [-0.39, 0.29) is 16.8 Å². The molecule has 0 saturated carbocycles. The highest BCUT2D eigenvalue weighted by Crippen LogP contribution is 2.43. The molecule has 0 bridgehead atoms. The summed E-state index contributed by atoms with van der Waals surface area (Å²) < 4.78 is 17.6. The van der Waals surface area contributed by atoms with E-state index in [1.54, 1.807) is 37.4 Å². The highest BCUT2D eigenvalue weighted by Gasteiger charge is 2.44. The van der Waals surface area contributed by atoms with E-state index in [1.807, 2.05) is 31.2 Å². The minimum absolute atomic E-state index is 0.00742. The second kappa shape index (κ2) is 10.3. The molecule has 0 N–H and O–H groups in total. The number of nitrogens with zero attached hydrogens (tertiary/aromatic N) is 2. The number of anilines is 1. The number of methoxy groups -OCH3 is 1. The molecule has 1 amide bonds. The van der Waals surface area contributed by atoms with Crippen LogP contribution in [0.15, 0.2) is 63.8 Å². The van der Waals surface area contributed by atoms with Gasteiger partial charge in [-0.05, 0) is 61.4 Å². The first kappa shape index (κ1) is 24.8. The van der Waals surface area contributed by atoms with Gasteiger partial charge in [0.2, 0.25) is 5.76 Å². The van der Waals surface area contributed by atoms with Crippen LogP contribution in [0.4, 0.5) is 5.82 Å². The summed E-state index contributed by atoms with van der Waals surface area (Å²) in [6.45, 7) is 4.56. The SMILES string of the molecule is CCCCCOc1ccc(C2c3c(oc4ccc(Cl)cc4c3=O)C(=O)N2c2cccc(C)n2)cc1OC. The Labute approximate surface area is 219 Å². The summed E-state index contributed by atoms with van der Waals surface area (Å²) in [7, 11) is 1.56. The lowest BCUT2D eigenvalue weighted by Crippen LogP contribution is -2.30. The van der Waals surface area contributed by atoms with Crippen LogP contribution in [0.5, 0.6) is 11.5 Å². The van der Waals surface area contributed by atoms with E-state index in [1.165, 1.54) is 4.90 Å². The first-order valence-electron chi connectivity index (χ1n) is 12.3. The fourth-order valence-electron chi connectivity index (χ4n) is 4.67. The highest BCUT2D eigenvalue weighted by molar-refractivity contribution is 6.31. The molecule has 7 nitrogen and oxygen atoms in total. The lowest BCUT2D eigenvalue weighted by atomic mass is 9.98. The molecule has 1 aliphatic heterocycles. The highest BCUT2D eigenvalue weighted by atomic mass is 35.5. The first-order valence-corrected chi connectivity index (χ1v) is 12.6. The third kappa shape index (κ3) is 4.55. The Hall–Kier alpha value is -3.84. The number of carbonyl (C=O) groups is 1. The molecule has 2 aromatic heterocycles. The topological polar surface area (TPSA) is 81.9 Å². The molecule has 0 radical (unpaired) electrons. The Morgan fingerprint density at radius 2 is 1.89 bits per heavy atom. The first-order chi connectivity index (χ1) is 17.9. The monoisotopic (exact) mass is 518 g/mol. The van der Waals surface area contributed by atoms with Crippen LogP contribution in [-0.4, -0.2) is 24.6 Å². The number of hydrogen-bond donors (Lipinski definition) is 0. The number of benzene rings is 2. The second-order valence-corrected chi connectivity index (χ2v) is 9.43. The Balaban J connectivity index is 1.68. The molecule has 1 unspecified atom stereocenters. The van der Waals surface area contributed by atoms with Gasteiger partial charge in [0.25, 0.3) is 5.91 Å². The molecule has 0 aliphatic carbocycles. The van der Waals surface area contributed by atoms with Crippen molar-refractivity contribution < 1.29 is 18.7 Å². The van der Waals surface area contributed by atoms with Gasteiger partial charge < -0.3 is 13.9 Å². The van der Waals surface area contributed by atoms with Gasteiger partial charge in [-0.25, -0.2) is 4.98 Å². The van der Waals surface area contributed by atoms with E-state index in [0.717, 1.165) is 25.0 Å². The molecule has 4 aromatic rings. The van der Waals surface area contributed by atoms with Crippen LogP contribution in [0.1, 0.15) is 59.6 Å². The van der Waals surface area contributed by atoms with Crippen molar-refractivity contribution in [3.05, 3.63) is 92.4 Å². The number of rotatable bonds is 8. The number of ether oxygens (including phenoxy) is 2. The largest absolute Gasteiger partial charge is 0.493 e. The quantitative estimate of drug-likeness (QED) is 0.248. The summed E-state index contributed by atoms with van der Waals surface area (Å²) in [5.41, 5.74) is 1.63.